The maximum absolute atomic E-state index is 13.0. The van der Waals surface area contributed by atoms with Crippen LogP contribution in [0.25, 0.3) is 0 Å². The lowest BCUT2D eigenvalue weighted by atomic mass is 9.74. The predicted molar refractivity (Wildman–Crippen MR) is 105 cm³/mol. The van der Waals surface area contributed by atoms with E-state index in [9.17, 15) is 14.4 Å². The second-order valence-electron chi connectivity index (χ2n) is 9.01. The van der Waals surface area contributed by atoms with Gasteiger partial charge >= 0.3 is 6.16 Å². The van der Waals surface area contributed by atoms with Crippen LogP contribution in [0.3, 0.4) is 0 Å². The van der Waals surface area contributed by atoms with E-state index in [0.717, 1.165) is 51.9 Å². The van der Waals surface area contributed by atoms with E-state index in [1.54, 1.807) is 14.2 Å². The molecular formula is C21H32N2O7. The molecule has 2 unspecified atom stereocenters. The normalized spacial score (nSPS) is 39.9. The molecule has 0 aromatic carbocycles. The summed E-state index contributed by atoms with van der Waals surface area (Å²) < 4.78 is 21.5. The van der Waals surface area contributed by atoms with Gasteiger partial charge in [-0.1, -0.05) is 0 Å². The van der Waals surface area contributed by atoms with Crippen molar-refractivity contribution < 1.29 is 33.3 Å². The highest BCUT2D eigenvalue weighted by Crippen LogP contribution is 2.38. The standard InChI is InChI=1S/C21H32N2O7/c1-27-11-20(17(24)15-3-7-22(20)8-4-15)13-29-19(26)30-14-21(12-28-2)18(25)16-5-9-23(21)10-6-16/h15-16H,3-14H2,1-2H3. The fourth-order valence-electron chi connectivity index (χ4n) is 5.82. The number of rotatable bonds is 8. The lowest BCUT2D eigenvalue weighted by molar-refractivity contribution is -0.162. The maximum Gasteiger partial charge on any atom is 0.508 e. The number of hydrogen-bond donors (Lipinski definition) is 0. The van der Waals surface area contributed by atoms with Crippen molar-refractivity contribution >= 4 is 17.7 Å². The van der Waals surface area contributed by atoms with Crippen LogP contribution in [0.5, 0.6) is 0 Å². The number of ether oxygens (including phenoxy) is 4. The Balaban J connectivity index is 1.39. The molecule has 9 heteroatoms. The summed E-state index contributed by atoms with van der Waals surface area (Å²) in [5, 5.41) is 0. The van der Waals surface area contributed by atoms with E-state index in [2.05, 4.69) is 9.80 Å². The summed E-state index contributed by atoms with van der Waals surface area (Å²) in [7, 11) is 3.09. The van der Waals surface area contributed by atoms with Crippen LogP contribution < -0.4 is 0 Å². The zero-order chi connectivity index (χ0) is 21.4. The van der Waals surface area contributed by atoms with Crippen molar-refractivity contribution in [1.82, 2.24) is 9.80 Å². The van der Waals surface area contributed by atoms with E-state index >= 15 is 0 Å². The van der Waals surface area contributed by atoms with Crippen molar-refractivity contribution in [1.29, 1.82) is 0 Å². The van der Waals surface area contributed by atoms with Crippen molar-refractivity contribution in [3.63, 3.8) is 0 Å². The monoisotopic (exact) mass is 424 g/mol. The average molecular weight is 424 g/mol. The van der Waals surface area contributed by atoms with E-state index in [-0.39, 0.29) is 49.8 Å². The third-order valence-electron chi connectivity index (χ3n) is 7.48. The number of hydrogen-bond acceptors (Lipinski definition) is 9. The van der Waals surface area contributed by atoms with Crippen molar-refractivity contribution in [2.75, 3.05) is 66.8 Å². The first-order chi connectivity index (χ1) is 14.5. The SMILES string of the molecule is COCC1(COC(=O)OCC2(COC)C(=O)C3CCN2CC3)C(=O)C2CCN1CC2. The molecule has 168 valence electrons. The number of carbonyl (C=O) groups excluding carboxylic acids is 3. The molecule has 0 radical (unpaired) electrons. The van der Waals surface area contributed by atoms with Crippen LogP contribution in [0.2, 0.25) is 0 Å². The number of nitrogens with zero attached hydrogens (tertiary/aromatic N) is 2. The molecule has 6 fully saturated rings. The number of methoxy groups -OCH3 is 2. The highest BCUT2D eigenvalue weighted by Gasteiger charge is 2.55. The third kappa shape index (κ3) is 3.45. The Bertz CT molecular complexity index is 629. The molecular weight excluding hydrogens is 392 g/mol. The Morgan fingerprint density at radius 2 is 1.13 bits per heavy atom. The van der Waals surface area contributed by atoms with Gasteiger partial charge in [0.2, 0.25) is 0 Å². The molecule has 6 rings (SSSR count). The van der Waals surface area contributed by atoms with Crippen LogP contribution in [-0.2, 0) is 28.5 Å². The summed E-state index contributed by atoms with van der Waals surface area (Å²) in [6.07, 6.45) is 2.49. The predicted octanol–water partition coefficient (Wildman–Crippen LogP) is 0.499. The van der Waals surface area contributed by atoms with Gasteiger partial charge in [-0.15, -0.1) is 0 Å². The molecule has 6 aliphatic heterocycles. The molecule has 0 aliphatic carbocycles. The van der Waals surface area contributed by atoms with E-state index in [1.807, 2.05) is 0 Å². The van der Waals surface area contributed by atoms with Crippen LogP contribution in [0.1, 0.15) is 25.7 Å². The molecule has 2 atom stereocenters. The van der Waals surface area contributed by atoms with Crippen molar-refractivity contribution in [2.45, 2.75) is 36.8 Å². The highest BCUT2D eigenvalue weighted by atomic mass is 16.7. The number of piperidine rings is 6. The highest BCUT2D eigenvalue weighted by molar-refractivity contribution is 5.93. The van der Waals surface area contributed by atoms with Gasteiger partial charge in [-0.25, -0.2) is 4.79 Å². The van der Waals surface area contributed by atoms with Gasteiger partial charge in [-0.05, 0) is 25.7 Å². The fourth-order valence-corrected chi connectivity index (χ4v) is 5.82. The molecule has 6 heterocycles. The first-order valence-electron chi connectivity index (χ1n) is 10.8. The topological polar surface area (TPSA) is 94.6 Å². The summed E-state index contributed by atoms with van der Waals surface area (Å²) in [6, 6.07) is 0. The van der Waals surface area contributed by atoms with Crippen LogP contribution in [0.15, 0.2) is 0 Å². The van der Waals surface area contributed by atoms with E-state index in [0.29, 0.717) is 0 Å². The van der Waals surface area contributed by atoms with E-state index in [1.165, 1.54) is 0 Å². The van der Waals surface area contributed by atoms with Gasteiger partial charge in [0.15, 0.2) is 11.6 Å². The van der Waals surface area contributed by atoms with Gasteiger partial charge in [-0.2, -0.15) is 0 Å². The van der Waals surface area contributed by atoms with Gasteiger partial charge in [0.1, 0.15) is 24.3 Å². The zero-order valence-electron chi connectivity index (χ0n) is 17.9. The summed E-state index contributed by atoms with van der Waals surface area (Å²) >= 11 is 0. The molecule has 0 aromatic rings. The largest absolute Gasteiger partial charge is 0.508 e. The quantitative estimate of drug-likeness (QED) is 0.516. The van der Waals surface area contributed by atoms with Crippen molar-refractivity contribution in [2.24, 2.45) is 11.8 Å². The lowest BCUT2D eigenvalue weighted by Crippen LogP contribution is -2.70. The van der Waals surface area contributed by atoms with Crippen LogP contribution in [-0.4, -0.2) is 105 Å². The number of Topliss-reactive ketones (excluding diaryl/α,β-unsaturated/α-hetero) is 2. The lowest BCUT2D eigenvalue weighted by Gasteiger charge is -2.52. The van der Waals surface area contributed by atoms with E-state index < -0.39 is 17.2 Å². The molecule has 0 amide bonds. The van der Waals surface area contributed by atoms with E-state index in [4.69, 9.17) is 18.9 Å². The minimum atomic E-state index is -0.942. The maximum atomic E-state index is 13.0. The van der Waals surface area contributed by atoms with Crippen molar-refractivity contribution in [3.8, 4) is 0 Å². The first-order valence-corrected chi connectivity index (χ1v) is 10.8. The average Bonchev–Trinajstić information content (AvgIpc) is 2.77. The molecule has 6 aliphatic rings. The Hall–Kier alpha value is -1.55. The van der Waals surface area contributed by atoms with Gasteiger partial charge in [0.25, 0.3) is 0 Å². The van der Waals surface area contributed by atoms with Crippen LogP contribution >= 0.6 is 0 Å². The zero-order valence-corrected chi connectivity index (χ0v) is 17.9. The fraction of sp³-hybridized carbons (Fsp3) is 0.857. The van der Waals surface area contributed by atoms with Gasteiger partial charge in [0, 0.05) is 52.2 Å². The third-order valence-corrected chi connectivity index (χ3v) is 7.48. The second kappa shape index (κ2) is 8.53. The minimum Gasteiger partial charge on any atom is -0.432 e. The Labute approximate surface area is 176 Å². The molecule has 0 aromatic heterocycles. The number of ketones is 2. The summed E-state index contributed by atoms with van der Waals surface area (Å²) in [5.41, 5.74) is -1.88. The van der Waals surface area contributed by atoms with Crippen molar-refractivity contribution in [3.05, 3.63) is 0 Å². The smallest absolute Gasteiger partial charge is 0.432 e. The molecule has 9 nitrogen and oxygen atoms in total. The molecule has 4 bridgehead atoms. The first kappa shape index (κ1) is 21.7. The summed E-state index contributed by atoms with van der Waals surface area (Å²) in [6.45, 7) is 3.31. The number of carbonyl (C=O) groups is 3. The molecule has 0 spiro atoms. The minimum absolute atomic E-state index is 0.00190. The van der Waals surface area contributed by atoms with Crippen LogP contribution in [0.4, 0.5) is 4.79 Å². The molecule has 0 N–H and O–H groups in total. The molecule has 0 saturated carbocycles. The Kier molecular flexibility index (Phi) is 6.16. The Morgan fingerprint density at radius 1 is 0.767 bits per heavy atom. The van der Waals surface area contributed by atoms with Gasteiger partial charge < -0.3 is 18.9 Å². The number of fused-ring (bicyclic) bond motifs is 6. The van der Waals surface area contributed by atoms with Gasteiger partial charge in [-0.3, -0.25) is 19.4 Å². The Morgan fingerprint density at radius 3 is 1.43 bits per heavy atom. The second-order valence-corrected chi connectivity index (χ2v) is 9.01. The summed E-state index contributed by atoms with van der Waals surface area (Å²) in [5.74, 6) is 0.156. The molecule has 30 heavy (non-hydrogen) atoms. The summed E-state index contributed by atoms with van der Waals surface area (Å²) in [4.78, 5) is 42.5. The molecule has 6 saturated heterocycles. The van der Waals surface area contributed by atoms with Crippen LogP contribution in [0, 0.1) is 11.8 Å². The van der Waals surface area contributed by atoms with Gasteiger partial charge in [0.05, 0.1) is 13.2 Å².